The molecule has 124 valence electrons. The quantitative estimate of drug-likeness (QED) is 0.449. The van der Waals surface area contributed by atoms with Crippen LogP contribution in [0.2, 0.25) is 0 Å². The zero-order valence-electron chi connectivity index (χ0n) is 14.5. The number of hydrogen-bond acceptors (Lipinski definition) is 4. The highest BCUT2D eigenvalue weighted by Gasteiger charge is 2.31. The molecule has 0 bridgehead atoms. The van der Waals surface area contributed by atoms with E-state index in [1.54, 1.807) is 0 Å². The van der Waals surface area contributed by atoms with Crippen LogP contribution >= 0.6 is 0 Å². The fourth-order valence-electron chi connectivity index (χ4n) is 3.00. The zero-order valence-corrected chi connectivity index (χ0v) is 14.5. The Kier molecular flexibility index (Phi) is 9.64. The van der Waals surface area contributed by atoms with Crippen LogP contribution in [0.4, 0.5) is 0 Å². The lowest BCUT2D eigenvalue weighted by molar-refractivity contribution is 0.0592. The predicted molar refractivity (Wildman–Crippen MR) is 89.9 cm³/mol. The second kappa shape index (κ2) is 11.0. The summed E-state index contributed by atoms with van der Waals surface area (Å²) < 4.78 is 0. The number of nitrogens with zero attached hydrogens (tertiary/aromatic N) is 3. The van der Waals surface area contributed by atoms with Crippen LogP contribution in [0.3, 0.4) is 0 Å². The second-order valence-electron chi connectivity index (χ2n) is 6.69. The lowest BCUT2D eigenvalue weighted by atomic mass is 9.90. The normalized spacial score (nSPS) is 17.9. The van der Waals surface area contributed by atoms with Gasteiger partial charge in [-0.05, 0) is 19.8 Å². The minimum absolute atomic E-state index is 0.198. The van der Waals surface area contributed by atoms with Crippen LogP contribution in [-0.2, 0) is 0 Å². The smallest absolute Gasteiger partial charge is 0.134 e. The van der Waals surface area contributed by atoms with Crippen LogP contribution in [0, 0.1) is 0 Å². The summed E-state index contributed by atoms with van der Waals surface area (Å²) in [4.78, 5) is 0. The van der Waals surface area contributed by atoms with Gasteiger partial charge in [-0.25, -0.2) is 5.53 Å². The molecule has 0 aliphatic carbocycles. The fourth-order valence-corrected chi connectivity index (χ4v) is 3.00. The van der Waals surface area contributed by atoms with Crippen molar-refractivity contribution in [3.8, 4) is 0 Å². The summed E-state index contributed by atoms with van der Waals surface area (Å²) in [5.74, 6) is 0. The van der Waals surface area contributed by atoms with Gasteiger partial charge in [0.25, 0.3) is 0 Å². The Morgan fingerprint density at radius 2 is 1.48 bits per heavy atom. The number of unbranched alkanes of at least 4 members (excludes halogenated alkanes) is 9. The lowest BCUT2D eigenvalue weighted by Crippen LogP contribution is -2.49. The summed E-state index contributed by atoms with van der Waals surface area (Å²) in [6, 6.07) is 0. The van der Waals surface area contributed by atoms with E-state index in [0.29, 0.717) is 6.67 Å². The van der Waals surface area contributed by atoms with Crippen molar-refractivity contribution in [2.75, 3.05) is 6.67 Å². The molecule has 1 unspecified atom stereocenters. The first kappa shape index (κ1) is 18.4. The van der Waals surface area contributed by atoms with Crippen LogP contribution in [0.25, 0.3) is 0 Å². The van der Waals surface area contributed by atoms with E-state index in [4.69, 9.17) is 0 Å². The molecule has 4 nitrogen and oxygen atoms in total. The number of hydrogen-bond donors (Lipinski definition) is 1. The Morgan fingerprint density at radius 3 is 1.95 bits per heavy atom. The van der Waals surface area contributed by atoms with Crippen molar-refractivity contribution in [3.05, 3.63) is 0 Å². The summed E-state index contributed by atoms with van der Waals surface area (Å²) in [6.07, 6.45) is 16.4. The Balaban J connectivity index is 1.97. The molecular weight excluding hydrogens is 260 g/mol. The maximum absolute atomic E-state index is 4.02. The first-order valence-electron chi connectivity index (χ1n) is 9.12. The van der Waals surface area contributed by atoms with Crippen LogP contribution in [0.15, 0.2) is 10.3 Å². The van der Waals surface area contributed by atoms with Crippen molar-refractivity contribution in [1.29, 1.82) is 0 Å². The number of hydrazine groups is 1. The SMILES string of the molecule is CCCCCCCCCCCCC(C)(CC)N1CN=NN1. The first-order valence-corrected chi connectivity index (χ1v) is 9.12. The second-order valence-corrected chi connectivity index (χ2v) is 6.69. The highest BCUT2D eigenvalue weighted by Crippen LogP contribution is 2.26. The molecule has 1 rings (SSSR count). The van der Waals surface area contributed by atoms with E-state index in [1.165, 1.54) is 70.6 Å². The van der Waals surface area contributed by atoms with Crippen LogP contribution < -0.4 is 5.53 Å². The summed E-state index contributed by atoms with van der Waals surface area (Å²) in [5.41, 5.74) is 3.22. The predicted octanol–water partition coefficient (Wildman–Crippen LogP) is 5.61. The first-order chi connectivity index (χ1) is 10.2. The molecule has 0 amide bonds. The van der Waals surface area contributed by atoms with Gasteiger partial charge in [-0.15, -0.1) is 0 Å². The largest absolute Gasteiger partial charge is 0.219 e. The van der Waals surface area contributed by atoms with E-state index >= 15 is 0 Å². The molecule has 0 fully saturated rings. The minimum atomic E-state index is 0.198. The van der Waals surface area contributed by atoms with E-state index in [1.807, 2.05) is 0 Å². The zero-order chi connectivity index (χ0) is 15.4. The van der Waals surface area contributed by atoms with Gasteiger partial charge in [0.2, 0.25) is 0 Å². The summed E-state index contributed by atoms with van der Waals surface area (Å²) >= 11 is 0. The van der Waals surface area contributed by atoms with Gasteiger partial charge in [0.1, 0.15) is 6.67 Å². The summed E-state index contributed by atoms with van der Waals surface area (Å²) in [6.45, 7) is 7.56. The molecule has 0 saturated carbocycles. The molecule has 1 aliphatic rings. The van der Waals surface area contributed by atoms with Crippen molar-refractivity contribution in [3.63, 3.8) is 0 Å². The standard InChI is InChI=1S/C17H36N4/c1-4-6-7-8-9-10-11-12-13-14-15-17(3,5-2)21-16-18-19-20-21/h4-16H2,1-3H3,(H,18,20). The van der Waals surface area contributed by atoms with Crippen LogP contribution in [0.1, 0.15) is 97.8 Å². The van der Waals surface area contributed by atoms with Gasteiger partial charge < -0.3 is 0 Å². The number of rotatable bonds is 13. The van der Waals surface area contributed by atoms with E-state index < -0.39 is 0 Å². The molecule has 0 aromatic carbocycles. The average molecular weight is 297 g/mol. The molecule has 0 aromatic rings. The lowest BCUT2D eigenvalue weighted by Gasteiger charge is -2.36. The van der Waals surface area contributed by atoms with Gasteiger partial charge in [0, 0.05) is 5.54 Å². The molecule has 1 N–H and O–H groups in total. The molecule has 1 atom stereocenters. The van der Waals surface area contributed by atoms with Gasteiger partial charge in [-0.2, -0.15) is 10.1 Å². The van der Waals surface area contributed by atoms with Crippen LogP contribution in [-0.4, -0.2) is 17.2 Å². The molecular formula is C17H36N4. The van der Waals surface area contributed by atoms with Crippen molar-refractivity contribution >= 4 is 0 Å². The monoisotopic (exact) mass is 296 g/mol. The summed E-state index contributed by atoms with van der Waals surface area (Å²) in [7, 11) is 0. The Hall–Kier alpha value is -0.640. The molecule has 0 aromatic heterocycles. The summed E-state index contributed by atoms with van der Waals surface area (Å²) in [5, 5.41) is 10.1. The van der Waals surface area contributed by atoms with Gasteiger partial charge in [-0.3, -0.25) is 0 Å². The highest BCUT2D eigenvalue weighted by molar-refractivity contribution is 4.83. The molecule has 0 saturated heterocycles. The van der Waals surface area contributed by atoms with Crippen LogP contribution in [0.5, 0.6) is 0 Å². The number of nitrogens with one attached hydrogen (secondary N) is 1. The molecule has 1 aliphatic heterocycles. The molecule has 1 heterocycles. The third-order valence-electron chi connectivity index (χ3n) is 4.92. The Morgan fingerprint density at radius 1 is 0.905 bits per heavy atom. The maximum atomic E-state index is 4.02. The van der Waals surface area contributed by atoms with E-state index in [-0.39, 0.29) is 5.54 Å². The maximum Gasteiger partial charge on any atom is 0.134 e. The van der Waals surface area contributed by atoms with Crippen molar-refractivity contribution in [2.45, 2.75) is 103 Å². The van der Waals surface area contributed by atoms with E-state index in [0.717, 1.165) is 6.42 Å². The van der Waals surface area contributed by atoms with Gasteiger partial charge in [0.15, 0.2) is 0 Å². The molecule has 21 heavy (non-hydrogen) atoms. The molecule has 0 spiro atoms. The molecule has 0 radical (unpaired) electrons. The topological polar surface area (TPSA) is 40.0 Å². The van der Waals surface area contributed by atoms with Gasteiger partial charge in [-0.1, -0.05) is 83.3 Å². The average Bonchev–Trinajstić information content (AvgIpc) is 3.04. The third kappa shape index (κ3) is 7.25. The van der Waals surface area contributed by atoms with Gasteiger partial charge in [0.05, 0.1) is 0 Å². The Bertz CT molecular complexity index is 272. The van der Waals surface area contributed by atoms with E-state index in [9.17, 15) is 0 Å². The fraction of sp³-hybridized carbons (Fsp3) is 1.00. The van der Waals surface area contributed by atoms with Crippen molar-refractivity contribution in [2.24, 2.45) is 10.3 Å². The molecule has 4 heteroatoms. The third-order valence-corrected chi connectivity index (χ3v) is 4.92. The van der Waals surface area contributed by atoms with Crippen molar-refractivity contribution in [1.82, 2.24) is 10.5 Å². The minimum Gasteiger partial charge on any atom is -0.219 e. The highest BCUT2D eigenvalue weighted by atomic mass is 15.8. The van der Waals surface area contributed by atoms with Crippen molar-refractivity contribution < 1.29 is 0 Å². The van der Waals surface area contributed by atoms with Gasteiger partial charge >= 0.3 is 0 Å². The Labute approximate surface area is 131 Å². The van der Waals surface area contributed by atoms with E-state index in [2.05, 4.69) is 41.7 Å².